The molecule has 96 valence electrons. The molecule has 0 bridgehead atoms. The van der Waals surface area contributed by atoms with Gasteiger partial charge in [0.2, 0.25) is 0 Å². The maximum absolute atomic E-state index is 12.4. The average Bonchev–Trinajstić information content (AvgIpc) is 2.66. The molecule has 4 heteroatoms. The molecule has 1 saturated heterocycles. The van der Waals surface area contributed by atoms with Crippen LogP contribution in [0.3, 0.4) is 0 Å². The van der Waals surface area contributed by atoms with Gasteiger partial charge in [0.25, 0.3) is 5.91 Å². The van der Waals surface area contributed by atoms with Gasteiger partial charge in [0, 0.05) is 18.5 Å². The van der Waals surface area contributed by atoms with Gasteiger partial charge in [-0.15, -0.1) is 0 Å². The number of nitrogens with zero attached hydrogens (tertiary/aromatic N) is 2. The van der Waals surface area contributed by atoms with Crippen molar-refractivity contribution in [2.24, 2.45) is 5.16 Å². The van der Waals surface area contributed by atoms with Crippen LogP contribution < -0.4 is 0 Å². The van der Waals surface area contributed by atoms with E-state index in [1.807, 2.05) is 49.1 Å². The van der Waals surface area contributed by atoms with Gasteiger partial charge in [-0.2, -0.15) is 0 Å². The molecule has 1 fully saturated rings. The number of likely N-dealkylation sites (tertiary alicyclic amines) is 1. The Labute approximate surface area is 107 Å². The molecular formula is C14H18N2O2. The van der Waals surface area contributed by atoms with E-state index in [9.17, 15) is 4.79 Å². The minimum absolute atomic E-state index is 0.0434. The van der Waals surface area contributed by atoms with Gasteiger partial charge < -0.3 is 9.74 Å². The molecule has 1 amide bonds. The van der Waals surface area contributed by atoms with Crippen molar-refractivity contribution in [2.45, 2.75) is 25.8 Å². The van der Waals surface area contributed by atoms with E-state index in [4.69, 9.17) is 4.84 Å². The van der Waals surface area contributed by atoms with Crippen LogP contribution in [-0.2, 0) is 4.84 Å². The van der Waals surface area contributed by atoms with Gasteiger partial charge in [-0.3, -0.25) is 4.79 Å². The van der Waals surface area contributed by atoms with Gasteiger partial charge in [0.1, 0.15) is 7.11 Å². The summed E-state index contributed by atoms with van der Waals surface area (Å²) in [5.41, 5.74) is 1.24. The molecule has 0 radical (unpaired) electrons. The lowest BCUT2D eigenvalue weighted by Crippen LogP contribution is -2.46. The molecule has 4 nitrogen and oxygen atoms in total. The Balaban J connectivity index is 2.26. The topological polar surface area (TPSA) is 41.9 Å². The first-order valence-corrected chi connectivity index (χ1v) is 6.05. The van der Waals surface area contributed by atoms with Crippen LogP contribution in [0.5, 0.6) is 0 Å². The van der Waals surface area contributed by atoms with Crippen molar-refractivity contribution in [1.82, 2.24) is 4.90 Å². The average molecular weight is 246 g/mol. The summed E-state index contributed by atoms with van der Waals surface area (Å²) < 4.78 is 0. The van der Waals surface area contributed by atoms with E-state index in [2.05, 4.69) is 5.16 Å². The van der Waals surface area contributed by atoms with Crippen LogP contribution in [0.15, 0.2) is 35.5 Å². The molecule has 1 aliphatic rings. The van der Waals surface area contributed by atoms with Crippen molar-refractivity contribution >= 4 is 11.6 Å². The van der Waals surface area contributed by atoms with Crippen LogP contribution in [0.2, 0.25) is 0 Å². The Hall–Kier alpha value is -1.84. The molecule has 0 aliphatic carbocycles. The van der Waals surface area contributed by atoms with Crippen LogP contribution in [-0.4, -0.2) is 35.7 Å². The van der Waals surface area contributed by atoms with Crippen molar-refractivity contribution in [3.05, 3.63) is 35.9 Å². The Kier molecular flexibility index (Phi) is 3.36. The van der Waals surface area contributed by atoms with Crippen LogP contribution in [0, 0.1) is 0 Å². The maximum Gasteiger partial charge on any atom is 0.254 e. The highest BCUT2D eigenvalue weighted by Crippen LogP contribution is 2.28. The van der Waals surface area contributed by atoms with E-state index < -0.39 is 0 Å². The Morgan fingerprint density at radius 2 is 2.00 bits per heavy atom. The SMILES string of the molecule is CON=C1CCN(C(=O)c2ccccc2)C1(C)C. The summed E-state index contributed by atoms with van der Waals surface area (Å²) in [4.78, 5) is 19.1. The van der Waals surface area contributed by atoms with Gasteiger partial charge in [0.05, 0.1) is 11.3 Å². The minimum Gasteiger partial charge on any atom is -0.399 e. The molecule has 0 saturated carbocycles. The molecule has 1 heterocycles. The highest BCUT2D eigenvalue weighted by Gasteiger charge is 2.41. The molecular weight excluding hydrogens is 228 g/mol. The van der Waals surface area contributed by atoms with E-state index in [0.29, 0.717) is 12.1 Å². The lowest BCUT2D eigenvalue weighted by Gasteiger charge is -2.31. The number of benzene rings is 1. The summed E-state index contributed by atoms with van der Waals surface area (Å²) >= 11 is 0. The lowest BCUT2D eigenvalue weighted by atomic mass is 9.99. The summed E-state index contributed by atoms with van der Waals surface area (Å²) in [5, 5.41) is 4.03. The molecule has 2 rings (SSSR count). The van der Waals surface area contributed by atoms with Crippen LogP contribution in [0.4, 0.5) is 0 Å². The van der Waals surface area contributed by atoms with Crippen molar-refractivity contribution < 1.29 is 9.63 Å². The van der Waals surface area contributed by atoms with E-state index in [1.54, 1.807) is 0 Å². The zero-order chi connectivity index (χ0) is 13.2. The van der Waals surface area contributed by atoms with Crippen molar-refractivity contribution in [1.29, 1.82) is 0 Å². The number of hydrogen-bond donors (Lipinski definition) is 0. The van der Waals surface area contributed by atoms with Crippen LogP contribution in [0.25, 0.3) is 0 Å². The number of hydrogen-bond acceptors (Lipinski definition) is 3. The van der Waals surface area contributed by atoms with Crippen LogP contribution in [0.1, 0.15) is 30.6 Å². The summed E-state index contributed by atoms with van der Waals surface area (Å²) in [7, 11) is 1.53. The second kappa shape index (κ2) is 4.80. The molecule has 1 aromatic rings. The highest BCUT2D eigenvalue weighted by atomic mass is 16.6. The fourth-order valence-corrected chi connectivity index (χ4v) is 2.32. The van der Waals surface area contributed by atoms with Gasteiger partial charge in [-0.05, 0) is 26.0 Å². The third-order valence-corrected chi connectivity index (χ3v) is 3.42. The first-order valence-electron chi connectivity index (χ1n) is 6.05. The lowest BCUT2D eigenvalue weighted by molar-refractivity contribution is 0.0691. The Bertz CT molecular complexity index is 466. The molecule has 0 unspecified atom stereocenters. The van der Waals surface area contributed by atoms with E-state index in [1.165, 1.54) is 7.11 Å². The second-order valence-corrected chi connectivity index (χ2v) is 4.85. The number of amides is 1. The maximum atomic E-state index is 12.4. The molecule has 0 aromatic heterocycles. The molecule has 1 aromatic carbocycles. The summed E-state index contributed by atoms with van der Waals surface area (Å²) in [6.07, 6.45) is 0.763. The summed E-state index contributed by atoms with van der Waals surface area (Å²) in [5.74, 6) is 0.0434. The number of carbonyl (C=O) groups excluding carboxylic acids is 1. The van der Waals surface area contributed by atoms with Crippen molar-refractivity contribution in [3.63, 3.8) is 0 Å². The van der Waals surface area contributed by atoms with E-state index in [-0.39, 0.29) is 11.4 Å². The van der Waals surface area contributed by atoms with Crippen molar-refractivity contribution in [3.8, 4) is 0 Å². The van der Waals surface area contributed by atoms with Gasteiger partial charge >= 0.3 is 0 Å². The van der Waals surface area contributed by atoms with Gasteiger partial charge in [-0.25, -0.2) is 0 Å². The first-order chi connectivity index (χ1) is 8.57. The molecule has 0 spiro atoms. The van der Waals surface area contributed by atoms with Gasteiger partial charge in [0.15, 0.2) is 0 Å². The quantitative estimate of drug-likeness (QED) is 0.751. The molecule has 18 heavy (non-hydrogen) atoms. The molecule has 1 aliphatic heterocycles. The predicted molar refractivity (Wildman–Crippen MR) is 70.6 cm³/mol. The third kappa shape index (κ3) is 2.10. The largest absolute Gasteiger partial charge is 0.399 e. The normalized spacial score (nSPS) is 20.2. The monoisotopic (exact) mass is 246 g/mol. The smallest absolute Gasteiger partial charge is 0.254 e. The minimum atomic E-state index is -0.386. The zero-order valence-electron chi connectivity index (χ0n) is 11.0. The third-order valence-electron chi connectivity index (χ3n) is 3.42. The van der Waals surface area contributed by atoms with E-state index >= 15 is 0 Å². The number of carbonyl (C=O) groups is 1. The van der Waals surface area contributed by atoms with Crippen molar-refractivity contribution in [2.75, 3.05) is 13.7 Å². The summed E-state index contributed by atoms with van der Waals surface area (Å²) in [6.45, 7) is 4.68. The standard InChI is InChI=1S/C14H18N2O2/c1-14(2)12(15-18-3)9-10-16(14)13(17)11-7-5-4-6-8-11/h4-8H,9-10H2,1-3H3. The molecule has 0 atom stereocenters. The Morgan fingerprint density at radius 1 is 1.33 bits per heavy atom. The Morgan fingerprint density at radius 3 is 2.61 bits per heavy atom. The fraction of sp³-hybridized carbons (Fsp3) is 0.429. The van der Waals surface area contributed by atoms with Gasteiger partial charge in [-0.1, -0.05) is 23.4 Å². The first kappa shape index (κ1) is 12.6. The zero-order valence-corrected chi connectivity index (χ0v) is 11.0. The summed E-state index contributed by atoms with van der Waals surface area (Å²) in [6, 6.07) is 9.33. The number of rotatable bonds is 2. The van der Waals surface area contributed by atoms with Crippen LogP contribution >= 0.6 is 0 Å². The molecule has 0 N–H and O–H groups in total. The second-order valence-electron chi connectivity index (χ2n) is 4.85. The fourth-order valence-electron chi connectivity index (χ4n) is 2.32. The highest BCUT2D eigenvalue weighted by molar-refractivity contribution is 6.03. The predicted octanol–water partition coefficient (Wildman–Crippen LogP) is 2.31. The number of oxime groups is 1. The van der Waals surface area contributed by atoms with E-state index in [0.717, 1.165) is 12.1 Å².